The zero-order valence-corrected chi connectivity index (χ0v) is 12.4. The Morgan fingerprint density at radius 1 is 1.30 bits per heavy atom. The molecule has 1 aromatic heterocycles. The fraction of sp³-hybridized carbons (Fsp3) is 0.312. The monoisotopic (exact) mass is 292 g/mol. The zero-order valence-electron chi connectivity index (χ0n) is 11.7. The largest absolute Gasteiger partial charge is 0.310 e. The molecule has 2 nitrogen and oxygen atoms in total. The quantitative estimate of drug-likeness (QED) is 0.898. The molecule has 106 valence electrons. The van der Waals surface area contributed by atoms with Gasteiger partial charge in [0.05, 0.1) is 0 Å². The summed E-state index contributed by atoms with van der Waals surface area (Å²) in [6, 6.07) is 8.69. The van der Waals surface area contributed by atoms with E-state index in [2.05, 4.69) is 10.3 Å². The second-order valence-corrected chi connectivity index (χ2v) is 5.24. The van der Waals surface area contributed by atoms with Gasteiger partial charge in [-0.25, -0.2) is 4.39 Å². The molecule has 0 saturated carbocycles. The third kappa shape index (κ3) is 3.78. The minimum absolute atomic E-state index is 0.104. The lowest BCUT2D eigenvalue weighted by Gasteiger charge is -2.19. The SMILES string of the molecule is CCNC(Cc1ccc(C)cn1)c1ccc(Cl)cc1F. The molecule has 20 heavy (non-hydrogen) atoms. The predicted molar refractivity (Wildman–Crippen MR) is 80.5 cm³/mol. The summed E-state index contributed by atoms with van der Waals surface area (Å²) in [5, 5.41) is 3.71. The Kier molecular flexibility index (Phi) is 5.10. The van der Waals surface area contributed by atoms with Gasteiger partial charge in [0.25, 0.3) is 0 Å². The van der Waals surface area contributed by atoms with Gasteiger partial charge in [-0.2, -0.15) is 0 Å². The first-order chi connectivity index (χ1) is 9.60. The normalized spacial score (nSPS) is 12.4. The Morgan fingerprint density at radius 2 is 2.10 bits per heavy atom. The predicted octanol–water partition coefficient (Wildman–Crippen LogP) is 4.08. The maximum atomic E-state index is 14.0. The van der Waals surface area contributed by atoms with Gasteiger partial charge in [-0.05, 0) is 37.2 Å². The Bertz CT molecular complexity index is 569. The molecule has 1 unspecified atom stereocenters. The van der Waals surface area contributed by atoms with Crippen molar-refractivity contribution < 1.29 is 4.39 Å². The van der Waals surface area contributed by atoms with Gasteiger partial charge in [0.2, 0.25) is 0 Å². The first-order valence-corrected chi connectivity index (χ1v) is 7.07. The highest BCUT2D eigenvalue weighted by molar-refractivity contribution is 6.30. The first kappa shape index (κ1) is 14.9. The molecule has 0 bridgehead atoms. The number of halogens is 2. The van der Waals surface area contributed by atoms with E-state index < -0.39 is 0 Å². The molecule has 1 atom stereocenters. The number of aryl methyl sites for hydroxylation is 1. The Labute approximate surface area is 124 Å². The topological polar surface area (TPSA) is 24.9 Å². The van der Waals surface area contributed by atoms with E-state index in [-0.39, 0.29) is 11.9 Å². The van der Waals surface area contributed by atoms with Crippen molar-refractivity contribution in [2.75, 3.05) is 6.54 Å². The van der Waals surface area contributed by atoms with E-state index in [9.17, 15) is 4.39 Å². The summed E-state index contributed by atoms with van der Waals surface area (Å²) < 4.78 is 14.0. The summed E-state index contributed by atoms with van der Waals surface area (Å²) in [4.78, 5) is 4.38. The second-order valence-electron chi connectivity index (χ2n) is 4.81. The van der Waals surface area contributed by atoms with Crippen LogP contribution in [0.25, 0.3) is 0 Å². The Balaban J connectivity index is 2.24. The highest BCUT2D eigenvalue weighted by Crippen LogP contribution is 2.23. The van der Waals surface area contributed by atoms with Crippen molar-refractivity contribution in [3.05, 3.63) is 64.2 Å². The third-order valence-corrected chi connectivity index (χ3v) is 3.41. The first-order valence-electron chi connectivity index (χ1n) is 6.70. The fourth-order valence-corrected chi connectivity index (χ4v) is 2.31. The molecule has 0 aliphatic heterocycles. The molecule has 0 amide bonds. The van der Waals surface area contributed by atoms with E-state index in [1.807, 2.05) is 32.2 Å². The number of aromatic nitrogens is 1. The van der Waals surface area contributed by atoms with Crippen molar-refractivity contribution in [2.45, 2.75) is 26.3 Å². The number of nitrogens with zero attached hydrogens (tertiary/aromatic N) is 1. The van der Waals surface area contributed by atoms with Gasteiger partial charge < -0.3 is 5.32 Å². The third-order valence-electron chi connectivity index (χ3n) is 3.17. The molecule has 2 rings (SSSR count). The average Bonchev–Trinajstić information content (AvgIpc) is 2.41. The molecule has 0 spiro atoms. The van der Waals surface area contributed by atoms with Crippen LogP contribution >= 0.6 is 11.6 Å². The number of nitrogens with one attached hydrogen (secondary N) is 1. The summed E-state index contributed by atoms with van der Waals surface area (Å²) in [5.74, 6) is -0.282. The molecule has 2 aromatic rings. The second kappa shape index (κ2) is 6.82. The van der Waals surface area contributed by atoms with Crippen LogP contribution in [0.4, 0.5) is 4.39 Å². The molecule has 0 aliphatic rings. The summed E-state index contributed by atoms with van der Waals surface area (Å²) in [6.45, 7) is 4.76. The van der Waals surface area contributed by atoms with E-state index in [0.717, 1.165) is 17.8 Å². The zero-order chi connectivity index (χ0) is 14.5. The Morgan fingerprint density at radius 3 is 2.70 bits per heavy atom. The molecular weight excluding hydrogens is 275 g/mol. The van der Waals surface area contributed by atoms with E-state index in [4.69, 9.17) is 11.6 Å². The molecule has 0 saturated heterocycles. The van der Waals surface area contributed by atoms with Gasteiger partial charge in [0, 0.05) is 34.9 Å². The highest BCUT2D eigenvalue weighted by atomic mass is 35.5. The minimum Gasteiger partial charge on any atom is -0.310 e. The van der Waals surface area contributed by atoms with Crippen molar-refractivity contribution in [3.63, 3.8) is 0 Å². The van der Waals surface area contributed by atoms with Crippen LogP contribution in [0.2, 0.25) is 5.02 Å². The van der Waals surface area contributed by atoms with Gasteiger partial charge in [0.15, 0.2) is 0 Å². The number of rotatable bonds is 5. The minimum atomic E-state index is -0.282. The van der Waals surface area contributed by atoms with Crippen molar-refractivity contribution >= 4 is 11.6 Å². The van der Waals surface area contributed by atoms with E-state index in [1.54, 1.807) is 12.1 Å². The summed E-state index contributed by atoms with van der Waals surface area (Å²) in [7, 11) is 0. The number of hydrogen-bond donors (Lipinski definition) is 1. The number of likely N-dealkylation sites (N-methyl/N-ethyl adjacent to an activating group) is 1. The summed E-state index contributed by atoms with van der Waals surface area (Å²) >= 11 is 5.80. The number of hydrogen-bond acceptors (Lipinski definition) is 2. The standard InChI is InChI=1S/C16H18ClFN2/c1-3-19-16(9-13-6-4-11(2)10-20-13)14-7-5-12(17)8-15(14)18/h4-8,10,16,19H,3,9H2,1-2H3. The van der Waals surface area contributed by atoms with Crippen LogP contribution in [-0.4, -0.2) is 11.5 Å². The van der Waals surface area contributed by atoms with Crippen LogP contribution in [0, 0.1) is 12.7 Å². The molecule has 0 fully saturated rings. The van der Waals surface area contributed by atoms with Crippen LogP contribution in [-0.2, 0) is 6.42 Å². The number of pyridine rings is 1. The van der Waals surface area contributed by atoms with Crippen molar-refractivity contribution in [1.29, 1.82) is 0 Å². The fourth-order valence-electron chi connectivity index (χ4n) is 2.15. The maximum absolute atomic E-state index is 14.0. The van der Waals surface area contributed by atoms with Gasteiger partial charge in [-0.1, -0.05) is 30.7 Å². The lowest BCUT2D eigenvalue weighted by Crippen LogP contribution is -2.24. The van der Waals surface area contributed by atoms with Crippen LogP contribution in [0.5, 0.6) is 0 Å². The van der Waals surface area contributed by atoms with Crippen molar-refractivity contribution in [3.8, 4) is 0 Å². The lowest BCUT2D eigenvalue weighted by atomic mass is 10.0. The van der Waals surface area contributed by atoms with Gasteiger partial charge in [0.1, 0.15) is 5.82 Å². The lowest BCUT2D eigenvalue weighted by molar-refractivity contribution is 0.506. The molecule has 0 aliphatic carbocycles. The molecule has 1 heterocycles. The molecule has 0 radical (unpaired) electrons. The van der Waals surface area contributed by atoms with E-state index >= 15 is 0 Å². The molecule has 4 heteroatoms. The summed E-state index contributed by atoms with van der Waals surface area (Å²) in [6.07, 6.45) is 2.48. The summed E-state index contributed by atoms with van der Waals surface area (Å²) in [5.41, 5.74) is 2.68. The Hall–Kier alpha value is -1.45. The molecular formula is C16H18ClFN2. The van der Waals surface area contributed by atoms with Crippen molar-refractivity contribution in [1.82, 2.24) is 10.3 Å². The van der Waals surface area contributed by atoms with Gasteiger partial charge in [-0.15, -0.1) is 0 Å². The van der Waals surface area contributed by atoms with E-state index in [0.29, 0.717) is 17.0 Å². The van der Waals surface area contributed by atoms with Crippen LogP contribution in [0.3, 0.4) is 0 Å². The van der Waals surface area contributed by atoms with Crippen LogP contribution in [0.1, 0.15) is 29.8 Å². The van der Waals surface area contributed by atoms with Gasteiger partial charge in [-0.3, -0.25) is 4.98 Å². The number of benzene rings is 1. The highest BCUT2D eigenvalue weighted by Gasteiger charge is 2.16. The smallest absolute Gasteiger partial charge is 0.129 e. The maximum Gasteiger partial charge on any atom is 0.129 e. The van der Waals surface area contributed by atoms with Crippen LogP contribution in [0.15, 0.2) is 36.5 Å². The molecule has 1 aromatic carbocycles. The van der Waals surface area contributed by atoms with Crippen molar-refractivity contribution in [2.24, 2.45) is 0 Å². The van der Waals surface area contributed by atoms with Crippen LogP contribution < -0.4 is 5.32 Å². The average molecular weight is 293 g/mol. The molecule has 1 N–H and O–H groups in total. The van der Waals surface area contributed by atoms with Gasteiger partial charge >= 0.3 is 0 Å². The van der Waals surface area contributed by atoms with E-state index in [1.165, 1.54) is 6.07 Å².